The van der Waals surface area contributed by atoms with Gasteiger partial charge in [0.25, 0.3) is 0 Å². The number of hydrogen-bond acceptors (Lipinski definition) is 2. The third-order valence-corrected chi connectivity index (χ3v) is 3.73. The van der Waals surface area contributed by atoms with Crippen molar-refractivity contribution in [1.82, 2.24) is 4.98 Å². The SMILES string of the molecule is c1ccc(-c2cc3ccccc3nc2NC2CC2)cc1. The van der Waals surface area contributed by atoms with Gasteiger partial charge in [-0.05, 0) is 30.5 Å². The van der Waals surface area contributed by atoms with Crippen LogP contribution in [0.5, 0.6) is 0 Å². The zero-order valence-electron chi connectivity index (χ0n) is 11.2. The zero-order chi connectivity index (χ0) is 13.4. The topological polar surface area (TPSA) is 24.9 Å². The summed E-state index contributed by atoms with van der Waals surface area (Å²) in [6.45, 7) is 0. The van der Waals surface area contributed by atoms with E-state index in [9.17, 15) is 0 Å². The van der Waals surface area contributed by atoms with Crippen molar-refractivity contribution in [2.24, 2.45) is 0 Å². The second kappa shape index (κ2) is 4.64. The molecule has 1 fully saturated rings. The van der Waals surface area contributed by atoms with E-state index in [0.717, 1.165) is 11.3 Å². The molecule has 0 radical (unpaired) electrons. The maximum Gasteiger partial charge on any atom is 0.134 e. The molecule has 0 unspecified atom stereocenters. The highest BCUT2D eigenvalue weighted by Gasteiger charge is 2.23. The van der Waals surface area contributed by atoms with Crippen LogP contribution in [0.1, 0.15) is 12.8 Å². The Labute approximate surface area is 118 Å². The number of nitrogens with zero attached hydrogens (tertiary/aromatic N) is 1. The number of fused-ring (bicyclic) bond motifs is 1. The predicted octanol–water partition coefficient (Wildman–Crippen LogP) is 4.48. The van der Waals surface area contributed by atoms with Gasteiger partial charge in [-0.25, -0.2) is 4.98 Å². The lowest BCUT2D eigenvalue weighted by molar-refractivity contribution is 1.13. The van der Waals surface area contributed by atoms with Crippen molar-refractivity contribution >= 4 is 16.7 Å². The second-order valence-electron chi connectivity index (χ2n) is 5.36. The maximum absolute atomic E-state index is 4.82. The molecule has 1 saturated carbocycles. The van der Waals surface area contributed by atoms with Gasteiger partial charge in [0.2, 0.25) is 0 Å². The number of para-hydroxylation sites is 1. The number of benzene rings is 2. The number of rotatable bonds is 3. The molecule has 0 spiro atoms. The lowest BCUT2D eigenvalue weighted by Crippen LogP contribution is -2.05. The summed E-state index contributed by atoms with van der Waals surface area (Å²) in [5.41, 5.74) is 3.46. The number of anilines is 1. The van der Waals surface area contributed by atoms with Gasteiger partial charge in [0, 0.05) is 17.0 Å². The fourth-order valence-corrected chi connectivity index (χ4v) is 2.48. The summed E-state index contributed by atoms with van der Waals surface area (Å²) in [5.74, 6) is 1.01. The van der Waals surface area contributed by atoms with Crippen LogP contribution >= 0.6 is 0 Å². The Hall–Kier alpha value is -2.35. The molecule has 0 aliphatic heterocycles. The maximum atomic E-state index is 4.82. The van der Waals surface area contributed by atoms with Gasteiger partial charge < -0.3 is 5.32 Å². The van der Waals surface area contributed by atoms with Crippen LogP contribution in [0.15, 0.2) is 60.7 Å². The highest BCUT2D eigenvalue weighted by atomic mass is 15.0. The molecule has 0 saturated heterocycles. The minimum atomic E-state index is 0.603. The average Bonchev–Trinajstić information content (AvgIpc) is 3.31. The fraction of sp³-hybridized carbons (Fsp3) is 0.167. The van der Waals surface area contributed by atoms with Crippen molar-refractivity contribution in [3.8, 4) is 11.1 Å². The van der Waals surface area contributed by atoms with Crippen LogP contribution in [0.2, 0.25) is 0 Å². The standard InChI is InChI=1S/C18H16N2/c1-2-6-13(7-3-1)16-12-14-8-4-5-9-17(14)20-18(16)19-15-10-11-15/h1-9,12,15H,10-11H2,(H,19,20). The summed E-state index contributed by atoms with van der Waals surface area (Å²) in [6, 6.07) is 21.6. The van der Waals surface area contributed by atoms with Crippen LogP contribution in [0.25, 0.3) is 22.0 Å². The molecule has 2 aromatic carbocycles. The van der Waals surface area contributed by atoms with Gasteiger partial charge in [-0.15, -0.1) is 0 Å². The van der Waals surface area contributed by atoms with Crippen LogP contribution in [-0.2, 0) is 0 Å². The van der Waals surface area contributed by atoms with E-state index in [1.807, 2.05) is 12.1 Å². The molecular formula is C18H16N2. The minimum absolute atomic E-state index is 0.603. The summed E-state index contributed by atoms with van der Waals surface area (Å²) in [4.78, 5) is 4.82. The highest BCUT2D eigenvalue weighted by molar-refractivity contribution is 5.89. The third kappa shape index (κ3) is 2.14. The lowest BCUT2D eigenvalue weighted by Gasteiger charge is -2.12. The van der Waals surface area contributed by atoms with E-state index in [1.54, 1.807) is 0 Å². The van der Waals surface area contributed by atoms with Crippen LogP contribution in [0.3, 0.4) is 0 Å². The molecule has 1 aromatic heterocycles. The Morgan fingerprint density at radius 3 is 2.45 bits per heavy atom. The zero-order valence-corrected chi connectivity index (χ0v) is 11.2. The molecule has 0 amide bonds. The second-order valence-corrected chi connectivity index (χ2v) is 5.36. The van der Waals surface area contributed by atoms with Crippen molar-refractivity contribution in [2.75, 3.05) is 5.32 Å². The summed E-state index contributed by atoms with van der Waals surface area (Å²) in [7, 11) is 0. The highest BCUT2D eigenvalue weighted by Crippen LogP contribution is 2.33. The van der Waals surface area contributed by atoms with Gasteiger partial charge in [0.1, 0.15) is 5.82 Å². The number of nitrogens with one attached hydrogen (secondary N) is 1. The Kier molecular flexibility index (Phi) is 2.66. The first-order chi connectivity index (χ1) is 9.90. The molecule has 3 aromatic rings. The van der Waals surface area contributed by atoms with Gasteiger partial charge in [-0.3, -0.25) is 0 Å². The van der Waals surface area contributed by atoms with Gasteiger partial charge in [0.05, 0.1) is 5.52 Å². The summed E-state index contributed by atoms with van der Waals surface area (Å²) < 4.78 is 0. The van der Waals surface area contributed by atoms with E-state index in [0.29, 0.717) is 6.04 Å². The summed E-state index contributed by atoms with van der Waals surface area (Å²) in [5, 5.41) is 4.75. The molecule has 2 nitrogen and oxygen atoms in total. The molecule has 1 N–H and O–H groups in total. The molecule has 2 heteroatoms. The Bertz CT molecular complexity index is 746. The monoisotopic (exact) mass is 260 g/mol. The first-order valence-corrected chi connectivity index (χ1v) is 7.12. The van der Waals surface area contributed by atoms with Gasteiger partial charge in [-0.1, -0.05) is 48.5 Å². The van der Waals surface area contributed by atoms with E-state index in [4.69, 9.17) is 4.98 Å². The molecule has 0 bridgehead atoms. The van der Waals surface area contributed by atoms with Crippen molar-refractivity contribution in [2.45, 2.75) is 18.9 Å². The molecular weight excluding hydrogens is 244 g/mol. The van der Waals surface area contributed by atoms with E-state index in [1.165, 1.54) is 29.4 Å². The lowest BCUT2D eigenvalue weighted by atomic mass is 10.0. The molecule has 1 heterocycles. The molecule has 20 heavy (non-hydrogen) atoms. The van der Waals surface area contributed by atoms with Crippen LogP contribution < -0.4 is 5.32 Å². The molecule has 4 rings (SSSR count). The quantitative estimate of drug-likeness (QED) is 0.751. The fourth-order valence-electron chi connectivity index (χ4n) is 2.48. The van der Waals surface area contributed by atoms with Gasteiger partial charge in [0.15, 0.2) is 0 Å². The van der Waals surface area contributed by atoms with Crippen molar-refractivity contribution in [3.63, 3.8) is 0 Å². The van der Waals surface area contributed by atoms with Crippen LogP contribution in [0.4, 0.5) is 5.82 Å². The largest absolute Gasteiger partial charge is 0.367 e. The number of pyridine rings is 1. The van der Waals surface area contributed by atoms with E-state index in [2.05, 4.69) is 53.8 Å². The number of hydrogen-bond donors (Lipinski definition) is 1. The molecule has 0 atom stereocenters. The molecule has 1 aliphatic rings. The van der Waals surface area contributed by atoms with Crippen molar-refractivity contribution < 1.29 is 0 Å². The molecule has 98 valence electrons. The number of aromatic nitrogens is 1. The van der Waals surface area contributed by atoms with E-state index >= 15 is 0 Å². The first-order valence-electron chi connectivity index (χ1n) is 7.12. The Morgan fingerprint density at radius 1 is 0.900 bits per heavy atom. The van der Waals surface area contributed by atoms with Crippen molar-refractivity contribution in [3.05, 3.63) is 60.7 Å². The molecule has 1 aliphatic carbocycles. The Balaban J connectivity index is 1.91. The third-order valence-electron chi connectivity index (χ3n) is 3.73. The minimum Gasteiger partial charge on any atom is -0.367 e. The Morgan fingerprint density at radius 2 is 1.65 bits per heavy atom. The van der Waals surface area contributed by atoms with E-state index < -0.39 is 0 Å². The van der Waals surface area contributed by atoms with Crippen molar-refractivity contribution in [1.29, 1.82) is 0 Å². The van der Waals surface area contributed by atoms with Crippen LogP contribution in [-0.4, -0.2) is 11.0 Å². The van der Waals surface area contributed by atoms with Crippen LogP contribution in [0, 0.1) is 0 Å². The summed E-state index contributed by atoms with van der Waals surface area (Å²) >= 11 is 0. The smallest absolute Gasteiger partial charge is 0.134 e. The van der Waals surface area contributed by atoms with Gasteiger partial charge in [-0.2, -0.15) is 0 Å². The normalized spacial score (nSPS) is 14.4. The first kappa shape index (κ1) is 11.5. The van der Waals surface area contributed by atoms with Gasteiger partial charge >= 0.3 is 0 Å². The summed E-state index contributed by atoms with van der Waals surface area (Å²) in [6.07, 6.45) is 2.51. The van der Waals surface area contributed by atoms with E-state index in [-0.39, 0.29) is 0 Å². The average molecular weight is 260 g/mol. The predicted molar refractivity (Wildman–Crippen MR) is 83.8 cm³/mol.